The molecule has 2 atom stereocenters. The fourth-order valence-electron chi connectivity index (χ4n) is 4.94. The Morgan fingerprint density at radius 2 is 2.07 bits per heavy atom. The minimum Gasteiger partial charge on any atom is -0.338 e. The Labute approximate surface area is 176 Å². The third kappa shape index (κ3) is 4.48. The minimum absolute atomic E-state index is 0.176. The number of piperidine rings is 1. The number of halogens is 1. The number of amides is 1. The smallest absolute Gasteiger partial charge is 0.258 e. The number of nitrogens with zero attached hydrogens (tertiary/aromatic N) is 3. The van der Waals surface area contributed by atoms with Gasteiger partial charge in [-0.15, -0.1) is 0 Å². The van der Waals surface area contributed by atoms with E-state index in [4.69, 9.17) is 11.6 Å². The molecule has 29 heavy (non-hydrogen) atoms. The number of nitrogens with one attached hydrogen (secondary N) is 1. The first kappa shape index (κ1) is 20.4. The molecule has 6 nitrogen and oxygen atoms in total. The van der Waals surface area contributed by atoms with E-state index in [0.29, 0.717) is 53.3 Å². The van der Waals surface area contributed by atoms with Gasteiger partial charge in [0.05, 0.1) is 24.0 Å². The largest absolute Gasteiger partial charge is 0.338 e. The quantitative estimate of drug-likeness (QED) is 0.808. The molecule has 1 saturated carbocycles. The van der Waals surface area contributed by atoms with Crippen molar-refractivity contribution in [3.05, 3.63) is 39.4 Å². The highest BCUT2D eigenvalue weighted by Crippen LogP contribution is 2.35. The van der Waals surface area contributed by atoms with E-state index in [-0.39, 0.29) is 11.5 Å². The van der Waals surface area contributed by atoms with Gasteiger partial charge in [-0.25, -0.2) is 4.98 Å². The summed E-state index contributed by atoms with van der Waals surface area (Å²) in [6, 6.07) is 5.50. The Kier molecular flexibility index (Phi) is 6.20. The van der Waals surface area contributed by atoms with Crippen LogP contribution in [0.5, 0.6) is 0 Å². The highest BCUT2D eigenvalue weighted by molar-refractivity contribution is 6.31. The first-order valence-corrected chi connectivity index (χ1v) is 11.1. The summed E-state index contributed by atoms with van der Waals surface area (Å²) >= 11 is 6.05. The van der Waals surface area contributed by atoms with Crippen molar-refractivity contribution in [3.63, 3.8) is 0 Å². The number of carbonyl (C=O) groups excluding carboxylic acids is 1. The van der Waals surface area contributed by atoms with Crippen LogP contribution in [0.1, 0.15) is 51.3 Å². The number of H-pyrrole nitrogens is 1. The van der Waals surface area contributed by atoms with Crippen LogP contribution in [0.25, 0.3) is 10.9 Å². The van der Waals surface area contributed by atoms with Crippen LogP contribution in [0.2, 0.25) is 5.02 Å². The Morgan fingerprint density at radius 3 is 2.90 bits per heavy atom. The number of carbonyl (C=O) groups is 1. The van der Waals surface area contributed by atoms with E-state index in [1.807, 2.05) is 11.8 Å². The summed E-state index contributed by atoms with van der Waals surface area (Å²) in [6.07, 6.45) is 7.30. The normalized spacial score (nSPS) is 22.1. The molecule has 1 saturated heterocycles. The minimum atomic E-state index is -0.176. The van der Waals surface area contributed by atoms with Crippen molar-refractivity contribution in [1.29, 1.82) is 0 Å². The predicted molar refractivity (Wildman–Crippen MR) is 115 cm³/mol. The number of hydrogen-bond donors (Lipinski definition) is 1. The molecule has 2 fully saturated rings. The van der Waals surface area contributed by atoms with Gasteiger partial charge in [0, 0.05) is 17.6 Å². The molecule has 7 heteroatoms. The fraction of sp³-hybridized carbons (Fsp3) is 0.591. The van der Waals surface area contributed by atoms with E-state index in [1.54, 1.807) is 18.2 Å². The van der Waals surface area contributed by atoms with Gasteiger partial charge in [0.2, 0.25) is 5.91 Å². The molecular formula is C22H29ClN4O2. The first-order valence-electron chi connectivity index (χ1n) is 10.8. The Balaban J connectivity index is 1.47. The lowest BCUT2D eigenvalue weighted by atomic mass is 9.78. The number of fused-ring (bicyclic) bond motifs is 2. The maximum atomic E-state index is 13.1. The van der Waals surface area contributed by atoms with Crippen LogP contribution >= 0.6 is 11.6 Å². The maximum absolute atomic E-state index is 13.1. The van der Waals surface area contributed by atoms with E-state index in [1.165, 1.54) is 25.7 Å². The number of hydrogen-bond acceptors (Lipinski definition) is 4. The zero-order valence-electron chi connectivity index (χ0n) is 17.0. The van der Waals surface area contributed by atoms with E-state index < -0.39 is 0 Å². The maximum Gasteiger partial charge on any atom is 0.258 e. The SMILES string of the molecule is CCN(CC(=O)N1CCC[C@H]2CCCC[C@H]21)Cc1nc2cc(Cl)ccc2c(=O)[nH]1. The van der Waals surface area contributed by atoms with Gasteiger partial charge in [0.1, 0.15) is 5.82 Å². The summed E-state index contributed by atoms with van der Waals surface area (Å²) in [6.45, 7) is 4.41. The van der Waals surface area contributed by atoms with E-state index >= 15 is 0 Å². The molecular weight excluding hydrogens is 388 g/mol. The lowest BCUT2D eigenvalue weighted by molar-refractivity contribution is -0.138. The molecule has 1 N–H and O–H groups in total. The molecule has 2 heterocycles. The van der Waals surface area contributed by atoms with Crippen molar-refractivity contribution in [1.82, 2.24) is 19.8 Å². The molecule has 0 radical (unpaired) electrons. The average Bonchev–Trinajstić information content (AvgIpc) is 2.72. The standard InChI is InChI=1S/C22H29ClN4O2/c1-2-26(13-20-24-18-12-16(23)9-10-17(18)22(29)25-20)14-21(28)27-11-5-7-15-6-3-4-8-19(15)27/h9-10,12,15,19H,2-8,11,13-14H2,1H3,(H,24,25,29)/t15-,19-/m1/s1. The van der Waals surface area contributed by atoms with Crippen molar-refractivity contribution in [2.75, 3.05) is 19.6 Å². The Morgan fingerprint density at radius 1 is 1.28 bits per heavy atom. The van der Waals surface area contributed by atoms with Gasteiger partial charge < -0.3 is 9.88 Å². The summed E-state index contributed by atoms with van der Waals surface area (Å²) in [5.74, 6) is 1.45. The van der Waals surface area contributed by atoms with Gasteiger partial charge in [-0.3, -0.25) is 14.5 Å². The zero-order chi connectivity index (χ0) is 20.4. The van der Waals surface area contributed by atoms with Crippen molar-refractivity contribution >= 4 is 28.4 Å². The van der Waals surface area contributed by atoms with Crippen LogP contribution in [0.15, 0.2) is 23.0 Å². The van der Waals surface area contributed by atoms with E-state index in [9.17, 15) is 9.59 Å². The van der Waals surface area contributed by atoms with Crippen LogP contribution in [0.4, 0.5) is 0 Å². The van der Waals surface area contributed by atoms with Crippen molar-refractivity contribution < 1.29 is 4.79 Å². The lowest BCUT2D eigenvalue weighted by Crippen LogP contribution is -2.52. The molecule has 0 unspecified atom stereocenters. The first-order chi connectivity index (χ1) is 14.0. The summed E-state index contributed by atoms with van der Waals surface area (Å²) < 4.78 is 0. The number of aromatic nitrogens is 2. The van der Waals surface area contributed by atoms with Crippen LogP contribution < -0.4 is 5.56 Å². The molecule has 1 amide bonds. The molecule has 156 valence electrons. The van der Waals surface area contributed by atoms with E-state index in [0.717, 1.165) is 19.4 Å². The molecule has 1 aliphatic carbocycles. The van der Waals surface area contributed by atoms with Crippen LogP contribution in [0, 0.1) is 5.92 Å². The predicted octanol–water partition coefficient (Wildman–Crippen LogP) is 3.58. The van der Waals surface area contributed by atoms with Crippen LogP contribution in [-0.4, -0.2) is 51.4 Å². The van der Waals surface area contributed by atoms with Crippen molar-refractivity contribution in [2.24, 2.45) is 5.92 Å². The number of rotatable bonds is 5. The highest BCUT2D eigenvalue weighted by atomic mass is 35.5. The van der Waals surface area contributed by atoms with Crippen LogP contribution in [-0.2, 0) is 11.3 Å². The van der Waals surface area contributed by atoms with Gasteiger partial charge >= 0.3 is 0 Å². The third-order valence-electron chi connectivity index (χ3n) is 6.46. The lowest BCUT2D eigenvalue weighted by Gasteiger charge is -2.44. The molecule has 2 aromatic rings. The summed E-state index contributed by atoms with van der Waals surface area (Å²) in [7, 11) is 0. The van der Waals surface area contributed by atoms with Crippen molar-refractivity contribution in [2.45, 2.75) is 58.0 Å². The topological polar surface area (TPSA) is 69.3 Å². The monoisotopic (exact) mass is 416 g/mol. The molecule has 1 aromatic heterocycles. The van der Waals surface area contributed by atoms with Gasteiger partial charge in [0.25, 0.3) is 5.56 Å². The second-order valence-electron chi connectivity index (χ2n) is 8.32. The average molecular weight is 417 g/mol. The second-order valence-corrected chi connectivity index (χ2v) is 8.76. The van der Waals surface area contributed by atoms with Crippen molar-refractivity contribution in [3.8, 4) is 0 Å². The number of aromatic amines is 1. The Bertz CT molecular complexity index is 942. The highest BCUT2D eigenvalue weighted by Gasteiger charge is 2.35. The van der Waals surface area contributed by atoms with Gasteiger partial charge in [-0.2, -0.15) is 0 Å². The molecule has 0 spiro atoms. The fourth-order valence-corrected chi connectivity index (χ4v) is 5.11. The molecule has 2 aliphatic rings. The molecule has 1 aromatic carbocycles. The summed E-state index contributed by atoms with van der Waals surface area (Å²) in [4.78, 5) is 37.1. The number of benzene rings is 1. The van der Waals surface area contributed by atoms with Gasteiger partial charge in [-0.1, -0.05) is 31.4 Å². The second kappa shape index (κ2) is 8.84. The van der Waals surface area contributed by atoms with E-state index in [2.05, 4.69) is 14.9 Å². The Hall–Kier alpha value is -1.92. The third-order valence-corrected chi connectivity index (χ3v) is 6.70. The number of likely N-dealkylation sites (N-methyl/N-ethyl adjacent to an activating group) is 1. The number of likely N-dealkylation sites (tertiary alicyclic amines) is 1. The molecule has 4 rings (SSSR count). The van der Waals surface area contributed by atoms with Crippen LogP contribution in [0.3, 0.4) is 0 Å². The molecule has 0 bridgehead atoms. The zero-order valence-corrected chi connectivity index (χ0v) is 17.7. The van der Waals surface area contributed by atoms with Gasteiger partial charge in [-0.05, 0) is 56.3 Å². The summed E-state index contributed by atoms with van der Waals surface area (Å²) in [5, 5.41) is 1.07. The summed E-state index contributed by atoms with van der Waals surface area (Å²) in [5.41, 5.74) is 0.407. The molecule has 1 aliphatic heterocycles. The van der Waals surface area contributed by atoms with Gasteiger partial charge in [0.15, 0.2) is 0 Å².